The Morgan fingerprint density at radius 3 is 2.30 bits per heavy atom. The summed E-state index contributed by atoms with van der Waals surface area (Å²) >= 11 is 0. The van der Waals surface area contributed by atoms with Crippen molar-refractivity contribution in [3.8, 4) is 0 Å². The first-order valence-electron chi connectivity index (χ1n) is 6.40. The van der Waals surface area contributed by atoms with Gasteiger partial charge in [-0.25, -0.2) is 13.6 Å². The Balaban J connectivity index is 2.50. The number of carboxylic acid groups (broad SMARTS) is 1. The van der Waals surface area contributed by atoms with Crippen molar-refractivity contribution in [2.45, 2.75) is 50.5 Å². The second-order valence-electron chi connectivity index (χ2n) is 5.03. The number of carboxylic acids is 1. The average Bonchev–Trinajstić information content (AvgIpc) is 2.33. The van der Waals surface area contributed by atoms with E-state index in [1.807, 2.05) is 0 Å². The second kappa shape index (κ2) is 6.62. The number of halogens is 2. The molecule has 0 spiro atoms. The van der Waals surface area contributed by atoms with E-state index >= 15 is 0 Å². The van der Waals surface area contributed by atoms with Crippen LogP contribution in [0.3, 0.4) is 0 Å². The summed E-state index contributed by atoms with van der Waals surface area (Å²) in [6.45, 7) is 0. The number of nitrogens with two attached hydrogens (primary N) is 1. The van der Waals surface area contributed by atoms with Gasteiger partial charge in [0.25, 0.3) is 0 Å². The first-order chi connectivity index (χ1) is 9.21. The highest BCUT2D eigenvalue weighted by Gasteiger charge is 2.38. The number of alkyl halides is 2. The summed E-state index contributed by atoms with van der Waals surface area (Å²) in [5.41, 5.74) is 4.92. The SMILES string of the molecule is NC(=O)CC[C@@H](NC(=O)C1CCC(F)(F)CC1)C(=O)O. The second-order valence-corrected chi connectivity index (χ2v) is 5.03. The van der Waals surface area contributed by atoms with Gasteiger partial charge in [-0.3, -0.25) is 9.59 Å². The molecule has 1 aliphatic carbocycles. The topological polar surface area (TPSA) is 109 Å². The molecule has 0 aromatic carbocycles. The van der Waals surface area contributed by atoms with E-state index in [0.29, 0.717) is 0 Å². The van der Waals surface area contributed by atoms with Gasteiger partial charge in [0, 0.05) is 25.2 Å². The van der Waals surface area contributed by atoms with Gasteiger partial charge in [0.1, 0.15) is 6.04 Å². The number of nitrogens with one attached hydrogen (secondary N) is 1. The summed E-state index contributed by atoms with van der Waals surface area (Å²) in [5, 5.41) is 11.2. The van der Waals surface area contributed by atoms with Crippen LogP contribution in [0.25, 0.3) is 0 Å². The molecule has 1 saturated carbocycles. The highest BCUT2D eigenvalue weighted by molar-refractivity contribution is 5.85. The van der Waals surface area contributed by atoms with Crippen LogP contribution in [0.15, 0.2) is 0 Å². The number of carbonyl (C=O) groups is 3. The van der Waals surface area contributed by atoms with Crippen LogP contribution in [0.1, 0.15) is 38.5 Å². The molecule has 8 heteroatoms. The molecule has 0 unspecified atom stereocenters. The standard InChI is InChI=1S/C12H18F2N2O4/c13-12(14)5-3-7(4-6-12)10(18)16-8(11(19)20)1-2-9(15)17/h7-8H,1-6H2,(H2,15,17)(H,16,18)(H,19,20)/t8-/m1/s1. The number of hydrogen-bond donors (Lipinski definition) is 3. The van der Waals surface area contributed by atoms with Crippen molar-refractivity contribution >= 4 is 17.8 Å². The fourth-order valence-corrected chi connectivity index (χ4v) is 2.14. The zero-order valence-electron chi connectivity index (χ0n) is 10.9. The first-order valence-corrected chi connectivity index (χ1v) is 6.40. The van der Waals surface area contributed by atoms with Gasteiger partial charge < -0.3 is 16.2 Å². The Morgan fingerprint density at radius 2 is 1.85 bits per heavy atom. The molecule has 1 atom stereocenters. The molecule has 1 aliphatic rings. The van der Waals surface area contributed by atoms with E-state index in [0.717, 1.165) is 0 Å². The minimum atomic E-state index is -2.74. The van der Waals surface area contributed by atoms with Crippen LogP contribution in [0.2, 0.25) is 0 Å². The van der Waals surface area contributed by atoms with Crippen molar-refractivity contribution < 1.29 is 28.3 Å². The van der Waals surface area contributed by atoms with E-state index in [1.54, 1.807) is 0 Å². The van der Waals surface area contributed by atoms with Crippen LogP contribution in [-0.4, -0.2) is 34.9 Å². The number of carbonyl (C=O) groups excluding carboxylic acids is 2. The molecular weight excluding hydrogens is 274 g/mol. The smallest absolute Gasteiger partial charge is 0.326 e. The predicted molar refractivity (Wildman–Crippen MR) is 64.9 cm³/mol. The third-order valence-electron chi connectivity index (χ3n) is 3.38. The number of aliphatic carboxylic acids is 1. The van der Waals surface area contributed by atoms with Crippen LogP contribution in [0.5, 0.6) is 0 Å². The normalized spacial score (nSPS) is 20.1. The summed E-state index contributed by atoms with van der Waals surface area (Å²) < 4.78 is 25.9. The molecule has 0 aromatic heterocycles. The van der Waals surface area contributed by atoms with Gasteiger partial charge in [-0.2, -0.15) is 0 Å². The lowest BCUT2D eigenvalue weighted by molar-refractivity contribution is -0.143. The summed E-state index contributed by atoms with van der Waals surface area (Å²) in [6, 6.07) is -1.22. The highest BCUT2D eigenvalue weighted by atomic mass is 19.3. The fourth-order valence-electron chi connectivity index (χ4n) is 2.14. The lowest BCUT2D eigenvalue weighted by atomic mass is 9.86. The molecule has 0 aliphatic heterocycles. The molecule has 114 valence electrons. The van der Waals surface area contributed by atoms with Crippen molar-refractivity contribution in [1.82, 2.24) is 5.32 Å². The van der Waals surface area contributed by atoms with Crippen molar-refractivity contribution in [3.05, 3.63) is 0 Å². The Labute approximate surface area is 114 Å². The monoisotopic (exact) mass is 292 g/mol. The molecule has 2 amide bonds. The maximum atomic E-state index is 13.0. The highest BCUT2D eigenvalue weighted by Crippen LogP contribution is 2.36. The summed E-state index contributed by atoms with van der Waals surface area (Å²) in [5.74, 6) is -5.85. The van der Waals surface area contributed by atoms with E-state index in [4.69, 9.17) is 10.8 Å². The zero-order valence-corrected chi connectivity index (χ0v) is 10.9. The van der Waals surface area contributed by atoms with E-state index in [9.17, 15) is 23.2 Å². The van der Waals surface area contributed by atoms with Gasteiger partial charge in [-0.15, -0.1) is 0 Å². The molecule has 0 aromatic rings. The number of primary amides is 1. The van der Waals surface area contributed by atoms with Crippen molar-refractivity contribution in [2.24, 2.45) is 11.7 Å². The molecule has 6 nitrogen and oxygen atoms in total. The molecule has 1 fully saturated rings. The van der Waals surface area contributed by atoms with E-state index in [-0.39, 0.29) is 38.5 Å². The summed E-state index contributed by atoms with van der Waals surface area (Å²) in [4.78, 5) is 33.4. The number of rotatable bonds is 6. The largest absolute Gasteiger partial charge is 0.480 e. The van der Waals surface area contributed by atoms with E-state index in [1.165, 1.54) is 0 Å². The Kier molecular flexibility index (Phi) is 5.41. The van der Waals surface area contributed by atoms with Gasteiger partial charge >= 0.3 is 5.97 Å². The van der Waals surface area contributed by atoms with Crippen molar-refractivity contribution in [2.75, 3.05) is 0 Å². The van der Waals surface area contributed by atoms with E-state index in [2.05, 4.69) is 5.32 Å². The lowest BCUT2D eigenvalue weighted by Gasteiger charge is -2.28. The first kappa shape index (κ1) is 16.3. The predicted octanol–water partition coefficient (Wildman–Crippen LogP) is 0.647. The minimum absolute atomic E-state index is 0.0288. The van der Waals surface area contributed by atoms with Crippen LogP contribution < -0.4 is 11.1 Å². The maximum absolute atomic E-state index is 13.0. The molecule has 1 rings (SSSR count). The molecule has 20 heavy (non-hydrogen) atoms. The van der Waals surface area contributed by atoms with Gasteiger partial charge in [-0.05, 0) is 19.3 Å². The molecule has 0 saturated heterocycles. The van der Waals surface area contributed by atoms with Crippen molar-refractivity contribution in [1.29, 1.82) is 0 Å². The molecule has 4 N–H and O–H groups in total. The summed E-state index contributed by atoms with van der Waals surface area (Å²) in [7, 11) is 0. The maximum Gasteiger partial charge on any atom is 0.326 e. The Morgan fingerprint density at radius 1 is 1.30 bits per heavy atom. The lowest BCUT2D eigenvalue weighted by Crippen LogP contribution is -2.45. The van der Waals surface area contributed by atoms with Crippen molar-refractivity contribution in [3.63, 3.8) is 0 Å². The molecule has 0 bridgehead atoms. The van der Waals surface area contributed by atoms with Crippen LogP contribution in [0.4, 0.5) is 8.78 Å². The minimum Gasteiger partial charge on any atom is -0.480 e. The van der Waals surface area contributed by atoms with Crippen LogP contribution >= 0.6 is 0 Å². The van der Waals surface area contributed by atoms with Crippen LogP contribution in [-0.2, 0) is 14.4 Å². The van der Waals surface area contributed by atoms with Gasteiger partial charge in [0.15, 0.2) is 0 Å². The average molecular weight is 292 g/mol. The third kappa shape index (κ3) is 5.10. The summed E-state index contributed by atoms with van der Waals surface area (Å²) in [6.07, 6.45) is -0.963. The Hall–Kier alpha value is -1.73. The fraction of sp³-hybridized carbons (Fsp3) is 0.750. The number of amides is 2. The van der Waals surface area contributed by atoms with Gasteiger partial charge in [-0.1, -0.05) is 0 Å². The third-order valence-corrected chi connectivity index (χ3v) is 3.38. The molecular formula is C12H18F2N2O4. The molecule has 0 heterocycles. The zero-order chi connectivity index (χ0) is 15.3. The Bertz CT molecular complexity index is 391. The van der Waals surface area contributed by atoms with E-state index < -0.39 is 35.7 Å². The molecule has 0 radical (unpaired) electrons. The van der Waals surface area contributed by atoms with Gasteiger partial charge in [0.05, 0.1) is 0 Å². The van der Waals surface area contributed by atoms with Gasteiger partial charge in [0.2, 0.25) is 17.7 Å². The quantitative estimate of drug-likeness (QED) is 0.667. The van der Waals surface area contributed by atoms with Crippen LogP contribution in [0, 0.1) is 5.92 Å². The number of hydrogen-bond acceptors (Lipinski definition) is 3.